The van der Waals surface area contributed by atoms with Gasteiger partial charge in [0.25, 0.3) is 0 Å². The number of benzene rings is 1. The SMILES string of the molecule is FC(F)(Cl)c1ccc(NS)cc1Cl. The van der Waals surface area contributed by atoms with Crippen LogP contribution in [0, 0.1) is 0 Å². The number of anilines is 1. The van der Waals surface area contributed by atoms with Crippen molar-refractivity contribution in [2.45, 2.75) is 5.38 Å². The van der Waals surface area contributed by atoms with Crippen molar-refractivity contribution in [3.05, 3.63) is 28.8 Å². The highest BCUT2D eigenvalue weighted by Gasteiger charge is 2.30. The largest absolute Gasteiger partial charge is 0.349 e. The Labute approximate surface area is 89.6 Å². The summed E-state index contributed by atoms with van der Waals surface area (Å²) in [5.74, 6) is 0. The topological polar surface area (TPSA) is 12.0 Å². The fraction of sp³-hybridized carbons (Fsp3) is 0.143. The molecule has 0 spiro atoms. The van der Waals surface area contributed by atoms with Gasteiger partial charge in [0.1, 0.15) is 0 Å². The van der Waals surface area contributed by atoms with Crippen LogP contribution in [0.25, 0.3) is 0 Å². The molecule has 0 heterocycles. The highest BCUT2D eigenvalue weighted by Crippen LogP contribution is 2.37. The Balaban J connectivity index is 3.13. The van der Waals surface area contributed by atoms with E-state index in [1.54, 1.807) is 0 Å². The van der Waals surface area contributed by atoms with Gasteiger partial charge < -0.3 is 4.72 Å². The Hall–Kier alpha value is -0.190. The molecule has 1 aromatic rings. The average molecular weight is 244 g/mol. The lowest BCUT2D eigenvalue weighted by Gasteiger charge is -2.10. The lowest BCUT2D eigenvalue weighted by molar-refractivity contribution is 0.0953. The summed E-state index contributed by atoms with van der Waals surface area (Å²) in [5.41, 5.74) is 0.112. The third kappa shape index (κ3) is 2.62. The Morgan fingerprint density at radius 3 is 2.38 bits per heavy atom. The molecule has 0 bridgehead atoms. The number of hydrogen-bond acceptors (Lipinski definition) is 2. The summed E-state index contributed by atoms with van der Waals surface area (Å²) in [5, 5.41) is -3.54. The average Bonchev–Trinajstić information content (AvgIpc) is 2.01. The quantitative estimate of drug-likeness (QED) is 0.594. The zero-order valence-electron chi connectivity index (χ0n) is 6.19. The fourth-order valence-electron chi connectivity index (χ4n) is 0.815. The Morgan fingerprint density at radius 1 is 1.38 bits per heavy atom. The van der Waals surface area contributed by atoms with Gasteiger partial charge in [0.15, 0.2) is 0 Å². The number of rotatable bonds is 2. The van der Waals surface area contributed by atoms with Crippen molar-refractivity contribution >= 4 is 41.7 Å². The van der Waals surface area contributed by atoms with Gasteiger partial charge in [-0.2, -0.15) is 8.78 Å². The van der Waals surface area contributed by atoms with Crippen LogP contribution >= 0.6 is 36.0 Å². The molecule has 13 heavy (non-hydrogen) atoms. The summed E-state index contributed by atoms with van der Waals surface area (Å²) in [6.45, 7) is 0. The van der Waals surface area contributed by atoms with Gasteiger partial charge in [-0.15, -0.1) is 0 Å². The van der Waals surface area contributed by atoms with Crippen LogP contribution in [0.4, 0.5) is 14.5 Å². The first-order valence-electron chi connectivity index (χ1n) is 3.22. The van der Waals surface area contributed by atoms with Gasteiger partial charge in [0.2, 0.25) is 0 Å². The maximum absolute atomic E-state index is 12.6. The van der Waals surface area contributed by atoms with Crippen LogP contribution < -0.4 is 4.72 Å². The van der Waals surface area contributed by atoms with Crippen molar-refractivity contribution < 1.29 is 8.78 Å². The van der Waals surface area contributed by atoms with Crippen LogP contribution in [0.2, 0.25) is 5.02 Å². The van der Waals surface area contributed by atoms with Gasteiger partial charge in [-0.1, -0.05) is 24.4 Å². The molecular formula is C7H5Cl2F2NS. The van der Waals surface area contributed by atoms with Crippen LogP contribution in [0.1, 0.15) is 5.56 Å². The van der Waals surface area contributed by atoms with E-state index in [4.69, 9.17) is 23.2 Å². The van der Waals surface area contributed by atoms with E-state index in [1.165, 1.54) is 12.1 Å². The van der Waals surface area contributed by atoms with Gasteiger partial charge >= 0.3 is 5.38 Å². The third-order valence-corrected chi connectivity index (χ3v) is 2.18. The Kier molecular flexibility index (Phi) is 3.27. The van der Waals surface area contributed by atoms with E-state index in [0.29, 0.717) is 5.69 Å². The molecule has 0 radical (unpaired) electrons. The zero-order chi connectivity index (χ0) is 10.1. The summed E-state index contributed by atoms with van der Waals surface area (Å²) in [6, 6.07) is 3.87. The molecule has 72 valence electrons. The summed E-state index contributed by atoms with van der Waals surface area (Å²) < 4.78 is 27.7. The minimum absolute atomic E-state index is 0.0981. The number of nitrogens with one attached hydrogen (secondary N) is 1. The molecular weight excluding hydrogens is 239 g/mol. The maximum Gasteiger partial charge on any atom is 0.349 e. The van der Waals surface area contributed by atoms with E-state index in [9.17, 15) is 8.78 Å². The van der Waals surface area contributed by atoms with E-state index in [2.05, 4.69) is 17.5 Å². The minimum Gasteiger partial charge on any atom is -0.332 e. The van der Waals surface area contributed by atoms with Crippen LogP contribution in [-0.2, 0) is 5.38 Å². The normalized spacial score (nSPS) is 11.5. The Bertz CT molecular complexity index is 314. The number of alkyl halides is 3. The second-order valence-electron chi connectivity index (χ2n) is 2.30. The molecule has 0 fully saturated rings. The monoisotopic (exact) mass is 243 g/mol. The molecule has 0 saturated heterocycles. The highest BCUT2D eigenvalue weighted by molar-refractivity contribution is 7.81. The van der Waals surface area contributed by atoms with Crippen LogP contribution in [-0.4, -0.2) is 0 Å². The minimum atomic E-state index is -3.44. The lowest BCUT2D eigenvalue weighted by atomic mass is 10.2. The van der Waals surface area contributed by atoms with Crippen molar-refractivity contribution in [3.8, 4) is 0 Å². The first-order valence-corrected chi connectivity index (χ1v) is 4.42. The Morgan fingerprint density at radius 2 is 2.00 bits per heavy atom. The van der Waals surface area contributed by atoms with E-state index < -0.39 is 10.9 Å². The second kappa shape index (κ2) is 3.90. The fourth-order valence-corrected chi connectivity index (χ4v) is 1.47. The molecule has 0 aliphatic heterocycles. The summed E-state index contributed by atoms with van der Waals surface area (Å²) >= 11 is 14.1. The maximum atomic E-state index is 12.6. The predicted octanol–water partition coefficient (Wildman–Crippen LogP) is 3.88. The van der Waals surface area contributed by atoms with E-state index in [-0.39, 0.29) is 5.02 Å². The second-order valence-corrected chi connectivity index (χ2v) is 3.41. The van der Waals surface area contributed by atoms with Gasteiger partial charge in [-0.3, -0.25) is 0 Å². The molecule has 0 unspecified atom stereocenters. The van der Waals surface area contributed by atoms with Crippen molar-refractivity contribution in [3.63, 3.8) is 0 Å². The molecule has 6 heteroatoms. The van der Waals surface area contributed by atoms with Gasteiger partial charge in [-0.05, 0) is 29.8 Å². The molecule has 0 saturated carbocycles. The first-order chi connectivity index (χ1) is 5.95. The van der Waals surface area contributed by atoms with E-state index >= 15 is 0 Å². The zero-order valence-corrected chi connectivity index (χ0v) is 8.60. The standard InChI is InChI=1S/C7H5Cl2F2NS/c8-6-3-4(12-13)1-2-5(6)7(9,10)11/h1-3,12-13H. The van der Waals surface area contributed by atoms with Crippen molar-refractivity contribution in [1.29, 1.82) is 0 Å². The molecule has 0 aromatic heterocycles. The molecule has 1 rings (SSSR count). The molecule has 1 nitrogen and oxygen atoms in total. The van der Waals surface area contributed by atoms with Gasteiger partial charge in [0.05, 0.1) is 10.6 Å². The summed E-state index contributed by atoms with van der Waals surface area (Å²) in [4.78, 5) is 0. The predicted molar refractivity (Wildman–Crippen MR) is 53.8 cm³/mol. The van der Waals surface area contributed by atoms with Crippen LogP contribution in [0.3, 0.4) is 0 Å². The molecule has 0 aliphatic carbocycles. The first kappa shape index (κ1) is 10.9. The summed E-state index contributed by atoms with van der Waals surface area (Å²) in [6.07, 6.45) is 0. The summed E-state index contributed by atoms with van der Waals surface area (Å²) in [7, 11) is 0. The number of hydrogen-bond donors (Lipinski definition) is 2. The van der Waals surface area contributed by atoms with E-state index in [1.807, 2.05) is 0 Å². The molecule has 1 aromatic carbocycles. The van der Waals surface area contributed by atoms with Gasteiger partial charge in [-0.25, -0.2) is 0 Å². The third-order valence-electron chi connectivity index (χ3n) is 1.40. The molecule has 0 atom stereocenters. The number of halogens is 4. The molecule has 1 N–H and O–H groups in total. The van der Waals surface area contributed by atoms with E-state index in [0.717, 1.165) is 6.07 Å². The van der Waals surface area contributed by atoms with Crippen LogP contribution in [0.5, 0.6) is 0 Å². The van der Waals surface area contributed by atoms with Crippen molar-refractivity contribution in [2.75, 3.05) is 4.72 Å². The van der Waals surface area contributed by atoms with Gasteiger partial charge in [0, 0.05) is 5.69 Å². The molecule has 0 amide bonds. The molecule has 0 aliphatic rings. The smallest absolute Gasteiger partial charge is 0.332 e. The van der Waals surface area contributed by atoms with Crippen molar-refractivity contribution in [1.82, 2.24) is 0 Å². The van der Waals surface area contributed by atoms with Crippen molar-refractivity contribution in [2.24, 2.45) is 0 Å². The van der Waals surface area contributed by atoms with Crippen LogP contribution in [0.15, 0.2) is 18.2 Å². The highest BCUT2D eigenvalue weighted by atomic mass is 35.5. The number of thiol groups is 1. The lowest BCUT2D eigenvalue weighted by Crippen LogP contribution is -2.04.